The third-order valence-corrected chi connectivity index (χ3v) is 3.26. The van der Waals surface area contributed by atoms with Crippen LogP contribution in [0.15, 0.2) is 36.4 Å². The van der Waals surface area contributed by atoms with Crippen molar-refractivity contribution in [2.75, 3.05) is 0 Å². The van der Waals surface area contributed by atoms with Crippen molar-refractivity contribution in [1.29, 1.82) is 0 Å². The summed E-state index contributed by atoms with van der Waals surface area (Å²) in [4.78, 5) is 11.0. The predicted octanol–water partition coefficient (Wildman–Crippen LogP) is 4.00. The molecule has 2 aromatic rings. The molecule has 0 aliphatic carbocycles. The summed E-state index contributed by atoms with van der Waals surface area (Å²) in [7, 11) is 0. The summed E-state index contributed by atoms with van der Waals surface area (Å²) in [6.07, 6.45) is 0.836. The van der Waals surface area contributed by atoms with Gasteiger partial charge in [-0.25, -0.2) is 0 Å². The van der Waals surface area contributed by atoms with E-state index in [9.17, 15) is 4.79 Å². The van der Waals surface area contributed by atoms with Crippen LogP contribution in [0.2, 0.25) is 0 Å². The number of aryl methyl sites for hydroxylation is 3. The van der Waals surface area contributed by atoms with Crippen molar-refractivity contribution < 1.29 is 9.53 Å². The van der Waals surface area contributed by atoms with Gasteiger partial charge in [0.15, 0.2) is 6.29 Å². The molecule has 0 fully saturated rings. The number of aldehydes is 1. The Bertz CT molecular complexity index is 600. The van der Waals surface area contributed by atoms with Gasteiger partial charge < -0.3 is 4.74 Å². The van der Waals surface area contributed by atoms with Gasteiger partial charge in [-0.05, 0) is 49.6 Å². The average Bonchev–Trinajstić information content (AvgIpc) is 2.41. The van der Waals surface area contributed by atoms with Gasteiger partial charge in [0.2, 0.25) is 0 Å². The Hall–Kier alpha value is -2.09. The molecule has 0 atom stereocenters. The number of hydrogen-bond donors (Lipinski definition) is 0. The van der Waals surface area contributed by atoms with E-state index < -0.39 is 0 Å². The number of hydrogen-bond acceptors (Lipinski definition) is 2. The first-order valence-electron chi connectivity index (χ1n) is 6.35. The number of carbonyl (C=O) groups excluding carboxylic acids is 1. The van der Waals surface area contributed by atoms with E-state index in [-0.39, 0.29) is 0 Å². The van der Waals surface area contributed by atoms with Crippen molar-refractivity contribution in [3.8, 4) is 5.75 Å². The Labute approximate surface area is 114 Å². The number of carbonyl (C=O) groups is 1. The second kappa shape index (κ2) is 5.70. The molecule has 0 N–H and O–H groups in total. The van der Waals surface area contributed by atoms with Crippen molar-refractivity contribution in [3.05, 3.63) is 64.2 Å². The molecule has 2 aromatic carbocycles. The maximum atomic E-state index is 11.0. The zero-order valence-corrected chi connectivity index (χ0v) is 11.6. The van der Waals surface area contributed by atoms with Gasteiger partial charge in [-0.3, -0.25) is 4.79 Å². The third-order valence-electron chi connectivity index (χ3n) is 3.26. The maximum absolute atomic E-state index is 11.0. The monoisotopic (exact) mass is 254 g/mol. The highest BCUT2D eigenvalue weighted by Gasteiger charge is 2.04. The van der Waals surface area contributed by atoms with Crippen LogP contribution in [0.1, 0.15) is 32.6 Å². The first-order valence-corrected chi connectivity index (χ1v) is 6.35. The summed E-state index contributed by atoms with van der Waals surface area (Å²) in [5, 5.41) is 0. The van der Waals surface area contributed by atoms with Gasteiger partial charge in [-0.2, -0.15) is 0 Å². The zero-order chi connectivity index (χ0) is 13.8. The topological polar surface area (TPSA) is 26.3 Å². The van der Waals surface area contributed by atoms with Crippen molar-refractivity contribution in [1.82, 2.24) is 0 Å². The lowest BCUT2D eigenvalue weighted by Gasteiger charge is -2.10. The van der Waals surface area contributed by atoms with Gasteiger partial charge in [0.25, 0.3) is 0 Å². The largest absolute Gasteiger partial charge is 0.488 e. The fourth-order valence-electron chi connectivity index (χ4n) is 1.95. The van der Waals surface area contributed by atoms with Crippen LogP contribution in [0.25, 0.3) is 0 Å². The molecule has 0 spiro atoms. The van der Waals surface area contributed by atoms with Crippen LogP contribution in [0.3, 0.4) is 0 Å². The van der Waals surface area contributed by atoms with E-state index in [0.717, 1.165) is 17.4 Å². The van der Waals surface area contributed by atoms with E-state index in [4.69, 9.17) is 4.74 Å². The first-order chi connectivity index (χ1) is 9.10. The molecule has 0 bridgehead atoms. The lowest BCUT2D eigenvalue weighted by atomic mass is 10.1. The lowest BCUT2D eigenvalue weighted by molar-refractivity contribution is 0.111. The summed E-state index contributed by atoms with van der Waals surface area (Å²) in [6, 6.07) is 11.9. The van der Waals surface area contributed by atoms with E-state index >= 15 is 0 Å². The molecule has 0 saturated carbocycles. The van der Waals surface area contributed by atoms with Crippen molar-refractivity contribution >= 4 is 6.29 Å². The molecule has 19 heavy (non-hydrogen) atoms. The smallest absolute Gasteiger partial charge is 0.153 e. The van der Waals surface area contributed by atoms with Crippen LogP contribution in [-0.4, -0.2) is 6.29 Å². The maximum Gasteiger partial charge on any atom is 0.153 e. The minimum Gasteiger partial charge on any atom is -0.488 e. The second-order valence-electron chi connectivity index (χ2n) is 4.87. The molecule has 0 aliphatic heterocycles. The Morgan fingerprint density at radius 1 is 1.00 bits per heavy atom. The summed E-state index contributed by atoms with van der Waals surface area (Å²) in [5.74, 6) is 0.638. The van der Waals surface area contributed by atoms with Crippen molar-refractivity contribution in [3.63, 3.8) is 0 Å². The minimum atomic E-state index is 0.477. The van der Waals surface area contributed by atoms with Gasteiger partial charge in [0, 0.05) is 0 Å². The summed E-state index contributed by atoms with van der Waals surface area (Å²) in [5.41, 5.74) is 5.29. The summed E-state index contributed by atoms with van der Waals surface area (Å²) >= 11 is 0. The van der Waals surface area contributed by atoms with Gasteiger partial charge in [0.05, 0.1) is 5.56 Å². The fourth-order valence-corrected chi connectivity index (χ4v) is 1.95. The number of ether oxygens (including phenoxy) is 1. The van der Waals surface area contributed by atoms with Crippen molar-refractivity contribution in [2.45, 2.75) is 27.4 Å². The van der Waals surface area contributed by atoms with E-state index in [0.29, 0.717) is 17.9 Å². The van der Waals surface area contributed by atoms with E-state index in [2.05, 4.69) is 32.0 Å². The fraction of sp³-hybridized carbons (Fsp3) is 0.235. The van der Waals surface area contributed by atoms with E-state index in [1.807, 2.05) is 25.1 Å². The average molecular weight is 254 g/mol. The van der Waals surface area contributed by atoms with Gasteiger partial charge in [-0.15, -0.1) is 0 Å². The van der Waals surface area contributed by atoms with Gasteiger partial charge >= 0.3 is 0 Å². The minimum absolute atomic E-state index is 0.477. The summed E-state index contributed by atoms with van der Waals surface area (Å²) in [6.45, 7) is 6.61. The number of rotatable bonds is 4. The molecule has 2 rings (SSSR count). The highest BCUT2D eigenvalue weighted by atomic mass is 16.5. The van der Waals surface area contributed by atoms with Crippen molar-refractivity contribution in [2.24, 2.45) is 0 Å². The Morgan fingerprint density at radius 3 is 2.47 bits per heavy atom. The first kappa shape index (κ1) is 13.3. The van der Waals surface area contributed by atoms with Crippen LogP contribution in [0.4, 0.5) is 0 Å². The van der Waals surface area contributed by atoms with Crippen LogP contribution < -0.4 is 4.74 Å². The second-order valence-corrected chi connectivity index (χ2v) is 4.87. The van der Waals surface area contributed by atoms with E-state index in [1.165, 1.54) is 11.1 Å². The van der Waals surface area contributed by atoms with Crippen LogP contribution >= 0.6 is 0 Å². The highest BCUT2D eigenvalue weighted by molar-refractivity contribution is 5.79. The molecule has 2 nitrogen and oxygen atoms in total. The normalized spacial score (nSPS) is 10.3. The molecular formula is C17H18O2. The molecule has 0 aliphatic rings. The molecular weight excluding hydrogens is 236 g/mol. The van der Waals surface area contributed by atoms with Crippen LogP contribution in [0, 0.1) is 20.8 Å². The zero-order valence-electron chi connectivity index (χ0n) is 11.6. The lowest BCUT2D eigenvalue weighted by Crippen LogP contribution is -1.99. The summed E-state index contributed by atoms with van der Waals surface area (Å²) < 4.78 is 5.73. The molecule has 2 heteroatoms. The third kappa shape index (κ3) is 3.22. The Morgan fingerprint density at radius 2 is 1.79 bits per heavy atom. The predicted molar refractivity (Wildman–Crippen MR) is 76.8 cm³/mol. The van der Waals surface area contributed by atoms with Crippen LogP contribution in [-0.2, 0) is 6.61 Å². The molecule has 0 aromatic heterocycles. The molecule has 98 valence electrons. The highest BCUT2D eigenvalue weighted by Crippen LogP contribution is 2.20. The quantitative estimate of drug-likeness (QED) is 0.771. The Kier molecular flexibility index (Phi) is 4.00. The number of benzene rings is 2. The molecule has 0 radical (unpaired) electrons. The van der Waals surface area contributed by atoms with Gasteiger partial charge in [0.1, 0.15) is 12.4 Å². The van der Waals surface area contributed by atoms with Gasteiger partial charge in [-0.1, -0.05) is 29.8 Å². The standard InChI is InChI=1S/C17H18O2/c1-12-4-7-17(16(8-12)10-18)19-11-15-6-5-13(2)14(3)9-15/h4-10H,11H2,1-3H3. The van der Waals surface area contributed by atoms with E-state index in [1.54, 1.807) is 0 Å². The molecule has 0 unspecified atom stereocenters. The SMILES string of the molecule is Cc1ccc(OCc2ccc(C)c(C)c2)c(C=O)c1. The van der Waals surface area contributed by atoms with Crippen LogP contribution in [0.5, 0.6) is 5.75 Å². The Balaban J connectivity index is 2.14. The molecule has 0 amide bonds. The molecule has 0 saturated heterocycles. The molecule has 0 heterocycles.